The average Bonchev–Trinajstić information content (AvgIpc) is 2.67. The Bertz CT molecular complexity index is 909. The van der Waals surface area contributed by atoms with Crippen molar-refractivity contribution in [2.24, 2.45) is 0 Å². The summed E-state index contributed by atoms with van der Waals surface area (Å²) in [5.74, 6) is -2.47. The predicted octanol–water partition coefficient (Wildman–Crippen LogP) is 2.89. The van der Waals surface area contributed by atoms with Crippen molar-refractivity contribution in [1.29, 1.82) is 0 Å². The van der Waals surface area contributed by atoms with Crippen LogP contribution in [0.5, 0.6) is 0 Å². The van der Waals surface area contributed by atoms with Gasteiger partial charge in [0.15, 0.2) is 0 Å². The first kappa shape index (κ1) is 19.5. The number of benzene rings is 2. The Hall–Kier alpha value is -2.29. The maximum atomic E-state index is 13.5. The lowest BCUT2D eigenvalue weighted by molar-refractivity contribution is 0.0102. The van der Waals surface area contributed by atoms with Crippen LogP contribution in [0, 0.1) is 5.82 Å². The summed E-state index contributed by atoms with van der Waals surface area (Å²) in [6, 6.07) is 12.6. The van der Waals surface area contributed by atoms with E-state index in [1.165, 1.54) is 4.31 Å². The maximum absolute atomic E-state index is 13.5. The molecule has 0 radical (unpaired) electrons. The van der Waals surface area contributed by atoms with E-state index in [-0.39, 0.29) is 24.1 Å². The van der Waals surface area contributed by atoms with Crippen molar-refractivity contribution in [2.75, 3.05) is 13.1 Å². The van der Waals surface area contributed by atoms with Gasteiger partial charge in [-0.15, -0.1) is 0 Å². The van der Waals surface area contributed by atoms with E-state index in [1.807, 2.05) is 30.3 Å². The van der Waals surface area contributed by atoms with Crippen LogP contribution in [0.1, 0.15) is 28.8 Å². The van der Waals surface area contributed by atoms with E-state index in [1.54, 1.807) is 0 Å². The molecule has 144 valence electrons. The minimum absolute atomic E-state index is 0.0422. The highest BCUT2D eigenvalue weighted by molar-refractivity contribution is 7.89. The zero-order chi connectivity index (χ0) is 19.4. The molecule has 1 saturated heterocycles. The van der Waals surface area contributed by atoms with Gasteiger partial charge < -0.3 is 9.84 Å². The van der Waals surface area contributed by atoms with E-state index in [2.05, 4.69) is 0 Å². The minimum atomic E-state index is -3.88. The molecule has 3 rings (SSSR count). The summed E-state index contributed by atoms with van der Waals surface area (Å²) in [5, 5.41) is 8.99. The number of carbonyl (C=O) groups is 1. The highest BCUT2D eigenvalue weighted by Gasteiger charge is 2.30. The first-order valence-electron chi connectivity index (χ1n) is 8.56. The van der Waals surface area contributed by atoms with Crippen LogP contribution in [0.4, 0.5) is 4.39 Å². The van der Waals surface area contributed by atoms with Gasteiger partial charge in [-0.25, -0.2) is 17.6 Å². The van der Waals surface area contributed by atoms with E-state index in [0.29, 0.717) is 19.4 Å². The van der Waals surface area contributed by atoms with Crippen molar-refractivity contribution in [3.8, 4) is 0 Å². The molecule has 1 heterocycles. The Balaban J connectivity index is 1.63. The third-order valence-corrected chi connectivity index (χ3v) is 6.43. The summed E-state index contributed by atoms with van der Waals surface area (Å²) in [6.45, 7) is 1.00. The SMILES string of the molecule is O=C(O)c1cc(S(=O)(=O)N2CCC(OCc3ccccc3)CC2)ccc1F. The number of halogens is 1. The molecule has 0 saturated carbocycles. The molecule has 6 nitrogen and oxygen atoms in total. The number of sulfonamides is 1. The number of carboxylic acids is 1. The quantitative estimate of drug-likeness (QED) is 0.816. The minimum Gasteiger partial charge on any atom is -0.478 e. The molecule has 1 fully saturated rings. The van der Waals surface area contributed by atoms with Gasteiger partial charge in [0.2, 0.25) is 10.0 Å². The molecular weight excluding hydrogens is 373 g/mol. The monoisotopic (exact) mass is 393 g/mol. The number of piperidine rings is 1. The molecule has 1 aliphatic heterocycles. The van der Waals surface area contributed by atoms with Crippen molar-refractivity contribution in [3.63, 3.8) is 0 Å². The fraction of sp³-hybridized carbons (Fsp3) is 0.316. The second kappa shape index (κ2) is 8.16. The fourth-order valence-electron chi connectivity index (χ4n) is 3.01. The molecule has 0 amide bonds. The molecule has 0 aliphatic carbocycles. The van der Waals surface area contributed by atoms with Crippen LogP contribution in [0.25, 0.3) is 0 Å². The van der Waals surface area contributed by atoms with Gasteiger partial charge in [-0.05, 0) is 36.6 Å². The zero-order valence-corrected chi connectivity index (χ0v) is 15.4. The number of nitrogens with zero attached hydrogens (tertiary/aromatic N) is 1. The summed E-state index contributed by atoms with van der Waals surface area (Å²) in [6.07, 6.45) is 1.04. The van der Waals surface area contributed by atoms with E-state index in [9.17, 15) is 17.6 Å². The number of rotatable bonds is 6. The summed E-state index contributed by atoms with van der Waals surface area (Å²) in [7, 11) is -3.88. The van der Waals surface area contributed by atoms with Crippen LogP contribution >= 0.6 is 0 Å². The molecule has 1 N–H and O–H groups in total. The normalized spacial score (nSPS) is 16.3. The van der Waals surface area contributed by atoms with E-state index < -0.39 is 27.4 Å². The van der Waals surface area contributed by atoms with Crippen LogP contribution in [-0.2, 0) is 21.4 Å². The van der Waals surface area contributed by atoms with Crippen molar-refractivity contribution in [3.05, 3.63) is 65.5 Å². The first-order chi connectivity index (χ1) is 12.9. The lowest BCUT2D eigenvalue weighted by Gasteiger charge is -2.31. The second-order valence-electron chi connectivity index (χ2n) is 6.35. The van der Waals surface area contributed by atoms with Crippen molar-refractivity contribution >= 4 is 16.0 Å². The summed E-state index contributed by atoms with van der Waals surface area (Å²) >= 11 is 0. The number of ether oxygens (including phenoxy) is 1. The molecular formula is C19H20FNO5S. The fourth-order valence-corrected chi connectivity index (χ4v) is 4.50. The molecule has 0 unspecified atom stereocenters. The highest BCUT2D eigenvalue weighted by Crippen LogP contribution is 2.24. The van der Waals surface area contributed by atoms with Crippen molar-refractivity contribution < 1.29 is 27.4 Å². The average molecular weight is 393 g/mol. The van der Waals surface area contributed by atoms with Crippen molar-refractivity contribution in [2.45, 2.75) is 30.4 Å². The molecule has 0 spiro atoms. The van der Waals surface area contributed by atoms with E-state index in [4.69, 9.17) is 9.84 Å². The summed E-state index contributed by atoms with van der Waals surface area (Å²) < 4.78 is 46.1. The van der Waals surface area contributed by atoms with Gasteiger partial charge in [0.1, 0.15) is 5.82 Å². The van der Waals surface area contributed by atoms with Crippen LogP contribution in [-0.4, -0.2) is 43.0 Å². The predicted molar refractivity (Wildman–Crippen MR) is 96.4 cm³/mol. The Morgan fingerprint density at radius 1 is 1.15 bits per heavy atom. The zero-order valence-electron chi connectivity index (χ0n) is 14.5. The maximum Gasteiger partial charge on any atom is 0.338 e. The number of hydrogen-bond donors (Lipinski definition) is 1. The van der Waals surface area contributed by atoms with Gasteiger partial charge in [-0.2, -0.15) is 4.31 Å². The number of carboxylic acid groups (broad SMARTS) is 1. The van der Waals surface area contributed by atoms with Gasteiger partial charge in [0.25, 0.3) is 0 Å². The van der Waals surface area contributed by atoms with Gasteiger partial charge in [0.05, 0.1) is 23.2 Å². The third-order valence-electron chi connectivity index (χ3n) is 4.54. The van der Waals surface area contributed by atoms with Gasteiger partial charge >= 0.3 is 5.97 Å². The number of hydrogen-bond acceptors (Lipinski definition) is 4. The molecule has 0 aromatic heterocycles. The highest BCUT2D eigenvalue weighted by atomic mass is 32.2. The van der Waals surface area contributed by atoms with Crippen LogP contribution in [0.3, 0.4) is 0 Å². The van der Waals surface area contributed by atoms with Crippen LogP contribution in [0.15, 0.2) is 53.4 Å². The largest absolute Gasteiger partial charge is 0.478 e. The summed E-state index contributed by atoms with van der Waals surface area (Å²) in [5.41, 5.74) is 0.400. The number of aromatic carboxylic acids is 1. The molecule has 0 atom stereocenters. The Morgan fingerprint density at radius 2 is 1.81 bits per heavy atom. The Kier molecular flexibility index (Phi) is 5.88. The van der Waals surface area contributed by atoms with Crippen molar-refractivity contribution in [1.82, 2.24) is 4.31 Å². The van der Waals surface area contributed by atoms with Crippen LogP contribution < -0.4 is 0 Å². The lowest BCUT2D eigenvalue weighted by Crippen LogP contribution is -2.40. The second-order valence-corrected chi connectivity index (χ2v) is 8.28. The Morgan fingerprint density at radius 3 is 2.44 bits per heavy atom. The third kappa shape index (κ3) is 4.52. The molecule has 2 aromatic carbocycles. The van der Waals surface area contributed by atoms with Gasteiger partial charge in [-0.1, -0.05) is 30.3 Å². The topological polar surface area (TPSA) is 83.9 Å². The van der Waals surface area contributed by atoms with Crippen LogP contribution in [0.2, 0.25) is 0 Å². The molecule has 8 heteroatoms. The Labute approximate surface area is 157 Å². The van der Waals surface area contributed by atoms with E-state index in [0.717, 1.165) is 23.8 Å². The smallest absolute Gasteiger partial charge is 0.338 e. The lowest BCUT2D eigenvalue weighted by atomic mass is 10.1. The van der Waals surface area contributed by atoms with E-state index >= 15 is 0 Å². The standard InChI is InChI=1S/C19H20FNO5S/c20-18-7-6-16(12-17(18)19(22)23)27(24,25)21-10-8-15(9-11-21)26-13-14-4-2-1-3-5-14/h1-7,12,15H,8-11,13H2,(H,22,23). The van der Waals surface area contributed by atoms with Gasteiger partial charge in [-0.3, -0.25) is 0 Å². The molecule has 0 bridgehead atoms. The first-order valence-corrected chi connectivity index (χ1v) is 10.0. The van der Waals surface area contributed by atoms with Gasteiger partial charge in [0, 0.05) is 13.1 Å². The molecule has 1 aliphatic rings. The molecule has 27 heavy (non-hydrogen) atoms. The summed E-state index contributed by atoms with van der Waals surface area (Å²) in [4.78, 5) is 10.8. The molecule has 2 aromatic rings.